The summed E-state index contributed by atoms with van der Waals surface area (Å²) >= 11 is 0. The molecule has 0 spiro atoms. The molecule has 0 rings (SSSR count). The summed E-state index contributed by atoms with van der Waals surface area (Å²) in [6.45, 7) is 0. The Hall–Kier alpha value is -1.96. The lowest BCUT2D eigenvalue weighted by Crippen LogP contribution is -2.78. The molecule has 253 valence electrons. The Balaban J connectivity index is 7.41. The molecule has 0 atom stereocenters. The zero-order chi connectivity index (χ0) is 35.2. The zero-order valence-corrected chi connectivity index (χ0v) is 17.7. The molecule has 0 nitrogen and oxygen atoms in total. The molecule has 0 saturated heterocycles. The smallest absolute Gasteiger partial charge is 0.203 e. The fourth-order valence-electron chi connectivity index (χ4n) is 2.24. The fourth-order valence-corrected chi connectivity index (χ4v) is 2.24. The Morgan fingerprint density at radius 3 is 0.619 bits per heavy atom. The largest absolute Gasteiger partial charge is 0.385 e. The van der Waals surface area contributed by atoms with E-state index in [9.17, 15) is 123 Å². The van der Waals surface area contributed by atoms with Gasteiger partial charge in [0.15, 0.2) is 0 Å². The number of hydrogen-bond acceptors (Lipinski definition) is 0. The first-order valence-electron chi connectivity index (χ1n) is 8.64. The Morgan fingerprint density at radius 2 is 0.452 bits per heavy atom. The van der Waals surface area contributed by atoms with Crippen molar-refractivity contribution in [1.82, 2.24) is 0 Å². The number of rotatable bonds is 13. The second-order valence-corrected chi connectivity index (χ2v) is 7.50. The van der Waals surface area contributed by atoms with Crippen LogP contribution in [0, 0.1) is 6.43 Å². The van der Waals surface area contributed by atoms with Gasteiger partial charge in [-0.3, -0.25) is 0 Å². The van der Waals surface area contributed by atoms with E-state index < -0.39 is 83.9 Å². The summed E-state index contributed by atoms with van der Waals surface area (Å²) in [4.78, 5) is 0. The minimum absolute atomic E-state index is 5.45. The first-order chi connectivity index (χ1) is 17.6. The second kappa shape index (κ2) is 9.77. The van der Waals surface area contributed by atoms with Crippen molar-refractivity contribution in [1.29, 1.82) is 0 Å². The highest BCUT2D eigenvalue weighted by atomic mass is 19.4. The summed E-state index contributed by atoms with van der Waals surface area (Å²) in [7, 11) is 0. The minimum atomic E-state index is -9.79. The zero-order valence-electron chi connectivity index (χ0n) is 17.7. The van der Waals surface area contributed by atoms with Gasteiger partial charge in [-0.25, -0.2) is 8.78 Å². The lowest BCUT2D eigenvalue weighted by Gasteiger charge is -2.45. The monoisotopic (exact) mass is 701 g/mol. The van der Waals surface area contributed by atoms with Crippen LogP contribution in [0.4, 0.5) is 123 Å². The van der Waals surface area contributed by atoms with Gasteiger partial charge in [0.05, 0.1) is 0 Å². The predicted molar refractivity (Wildman–Crippen MR) is 70.8 cm³/mol. The summed E-state index contributed by atoms with van der Waals surface area (Å²) in [5.41, 5.74) is 0. The van der Waals surface area contributed by atoms with Gasteiger partial charge in [0.25, 0.3) is 0 Å². The van der Waals surface area contributed by atoms with Gasteiger partial charge in [-0.05, 0) is 0 Å². The average Bonchev–Trinajstić information content (AvgIpc) is 2.77. The van der Waals surface area contributed by atoms with E-state index in [1.165, 1.54) is 0 Å². The third-order valence-corrected chi connectivity index (χ3v) is 4.87. The highest BCUT2D eigenvalue weighted by Gasteiger charge is 3.00. The third kappa shape index (κ3) is 4.39. The second-order valence-electron chi connectivity index (χ2n) is 7.50. The van der Waals surface area contributed by atoms with Gasteiger partial charge in [-0.1, -0.05) is 0 Å². The molecule has 28 heteroatoms. The lowest BCUT2D eigenvalue weighted by atomic mass is 9.84. The molecule has 0 aliphatic carbocycles. The molecule has 0 bridgehead atoms. The van der Waals surface area contributed by atoms with Crippen molar-refractivity contribution in [2.24, 2.45) is 0 Å². The van der Waals surface area contributed by atoms with Crippen LogP contribution >= 0.6 is 0 Å². The van der Waals surface area contributed by atoms with E-state index in [2.05, 4.69) is 0 Å². The van der Waals surface area contributed by atoms with Gasteiger partial charge in [0.2, 0.25) is 0 Å². The molecule has 42 heavy (non-hydrogen) atoms. The predicted octanol–water partition coefficient (Wildman–Crippen LogP) is 9.30. The normalized spacial score (nSPS) is 17.0. The summed E-state index contributed by atoms with van der Waals surface area (Å²) in [6, 6.07) is 0. The van der Waals surface area contributed by atoms with Crippen LogP contribution in [0.1, 0.15) is 0 Å². The molecular formula is C14HF28. The van der Waals surface area contributed by atoms with Crippen LogP contribution in [-0.2, 0) is 0 Å². The van der Waals surface area contributed by atoms with Crippen LogP contribution in [-0.4, -0.2) is 77.5 Å². The molecule has 0 aromatic rings. The molecule has 0 unspecified atom stereocenters. The molecule has 0 saturated carbocycles. The van der Waals surface area contributed by atoms with Crippen LogP contribution in [0.5, 0.6) is 0 Å². The SMILES string of the molecule is F[C](F)C(F)(F)C(F)(F)C(F)(F)C(F)(F)C(F)(F)C(F)(F)C(F)(F)C(F)(F)C(F)(F)C(F)(F)C(F)(F)C(F)(F)C(F)F. The van der Waals surface area contributed by atoms with Crippen molar-refractivity contribution in [3.05, 3.63) is 6.43 Å². The van der Waals surface area contributed by atoms with Crippen molar-refractivity contribution >= 4 is 0 Å². The van der Waals surface area contributed by atoms with Crippen molar-refractivity contribution in [2.45, 2.75) is 77.5 Å². The van der Waals surface area contributed by atoms with Crippen LogP contribution in [0.25, 0.3) is 0 Å². The molecule has 0 aromatic heterocycles. The van der Waals surface area contributed by atoms with Gasteiger partial charge in [0.1, 0.15) is 0 Å². The van der Waals surface area contributed by atoms with E-state index in [1.807, 2.05) is 0 Å². The summed E-state index contributed by atoms with van der Waals surface area (Å²) in [5, 5.41) is 0. The van der Waals surface area contributed by atoms with Gasteiger partial charge >= 0.3 is 83.9 Å². The minimum Gasteiger partial charge on any atom is -0.203 e. The summed E-state index contributed by atoms with van der Waals surface area (Å²) in [6.07, 6.45) is -11.8. The van der Waals surface area contributed by atoms with Gasteiger partial charge < -0.3 is 0 Å². The number of halogens is 28. The molecule has 0 fully saturated rings. The molecule has 0 aliphatic heterocycles. The van der Waals surface area contributed by atoms with Crippen LogP contribution in [0.15, 0.2) is 0 Å². The maximum Gasteiger partial charge on any atom is 0.385 e. The molecule has 0 aliphatic rings. The first-order valence-corrected chi connectivity index (χ1v) is 8.64. The van der Waals surface area contributed by atoms with Crippen molar-refractivity contribution in [3.63, 3.8) is 0 Å². The van der Waals surface area contributed by atoms with Crippen LogP contribution in [0.3, 0.4) is 0 Å². The Labute approximate surface area is 208 Å². The van der Waals surface area contributed by atoms with Crippen LogP contribution < -0.4 is 0 Å². The Kier molecular flexibility index (Phi) is 9.31. The van der Waals surface area contributed by atoms with Crippen molar-refractivity contribution < 1.29 is 123 Å². The highest BCUT2D eigenvalue weighted by Crippen LogP contribution is 2.68. The van der Waals surface area contributed by atoms with Gasteiger partial charge in [-0.2, -0.15) is 114 Å². The average molecular weight is 701 g/mol. The van der Waals surface area contributed by atoms with E-state index >= 15 is 0 Å². The fraction of sp³-hybridized carbons (Fsp3) is 0.929. The molecule has 0 amide bonds. The molecule has 0 heterocycles. The summed E-state index contributed by atoms with van der Waals surface area (Å²) in [5.74, 6) is -111. The van der Waals surface area contributed by atoms with Gasteiger partial charge in [0, 0.05) is 0 Å². The third-order valence-electron chi connectivity index (χ3n) is 4.87. The lowest BCUT2D eigenvalue weighted by molar-refractivity contribution is -0.480. The maximum atomic E-state index is 13.5. The van der Waals surface area contributed by atoms with Crippen LogP contribution in [0.2, 0.25) is 0 Å². The standard InChI is InChI=1S/C14HF28/c15-1(16)3(19,20)5(23,24)7(27,28)9(31,32)11(35,36)13(39,40)14(41,42)12(37,38)10(33,34)8(29,30)6(25,26)4(21,22)2(17)18/h1H. The van der Waals surface area contributed by atoms with E-state index in [0.717, 1.165) is 0 Å². The molecule has 1 radical (unpaired) electrons. The molecular weight excluding hydrogens is 700 g/mol. The summed E-state index contributed by atoms with van der Waals surface area (Å²) < 4.78 is 364. The first kappa shape index (κ1) is 40.0. The van der Waals surface area contributed by atoms with E-state index in [1.54, 1.807) is 0 Å². The number of alkyl halides is 26. The Morgan fingerprint density at radius 1 is 0.286 bits per heavy atom. The van der Waals surface area contributed by atoms with E-state index in [-0.39, 0.29) is 0 Å². The van der Waals surface area contributed by atoms with Crippen molar-refractivity contribution in [3.8, 4) is 0 Å². The van der Waals surface area contributed by atoms with E-state index in [0.29, 0.717) is 0 Å². The molecule has 0 aromatic carbocycles. The van der Waals surface area contributed by atoms with Crippen molar-refractivity contribution in [2.75, 3.05) is 0 Å². The van der Waals surface area contributed by atoms with E-state index in [4.69, 9.17) is 0 Å². The number of hydrogen-bond donors (Lipinski definition) is 0. The quantitative estimate of drug-likeness (QED) is 0.168. The topological polar surface area (TPSA) is 0 Å². The Bertz CT molecular complexity index is 889. The maximum absolute atomic E-state index is 13.5. The van der Waals surface area contributed by atoms with Gasteiger partial charge in [-0.15, -0.1) is 0 Å². The molecule has 0 N–H and O–H groups in total. The highest BCUT2D eigenvalue weighted by molar-refractivity contribution is 5.20.